The summed E-state index contributed by atoms with van der Waals surface area (Å²) < 4.78 is 0. The molecule has 0 radical (unpaired) electrons. The van der Waals surface area contributed by atoms with Crippen LogP contribution < -0.4 is 5.32 Å². The number of rotatable bonds is 3. The minimum Gasteiger partial charge on any atom is -0.319 e. The van der Waals surface area contributed by atoms with Crippen molar-refractivity contribution in [1.82, 2.24) is 5.32 Å². The first kappa shape index (κ1) is 10.3. The van der Waals surface area contributed by atoms with Crippen molar-refractivity contribution in [3.05, 3.63) is 33.8 Å². The summed E-state index contributed by atoms with van der Waals surface area (Å²) in [7, 11) is 1.98. The van der Waals surface area contributed by atoms with Crippen LogP contribution in [-0.4, -0.2) is 13.6 Å². The Morgan fingerprint density at radius 3 is 2.93 bits per heavy atom. The Morgan fingerprint density at radius 2 is 2.21 bits per heavy atom. The lowest BCUT2D eigenvalue weighted by atomic mass is 10.1. The van der Waals surface area contributed by atoms with E-state index < -0.39 is 0 Å². The van der Waals surface area contributed by atoms with Gasteiger partial charge in [-0.15, -0.1) is 0 Å². The zero-order valence-corrected chi connectivity index (χ0v) is 9.57. The van der Waals surface area contributed by atoms with E-state index in [9.17, 15) is 0 Å². The van der Waals surface area contributed by atoms with Crippen LogP contribution in [0.5, 0.6) is 0 Å². The van der Waals surface area contributed by atoms with Crippen LogP contribution in [0, 0.1) is 5.92 Å². The minimum atomic E-state index is 0.605. The van der Waals surface area contributed by atoms with Gasteiger partial charge in [-0.25, -0.2) is 0 Å². The molecule has 2 rings (SSSR count). The molecule has 1 saturated carbocycles. The van der Waals surface area contributed by atoms with Gasteiger partial charge in [-0.3, -0.25) is 0 Å². The van der Waals surface area contributed by atoms with E-state index in [4.69, 9.17) is 23.2 Å². The molecule has 1 aromatic rings. The van der Waals surface area contributed by atoms with Gasteiger partial charge in [-0.2, -0.15) is 0 Å². The molecule has 76 valence electrons. The molecule has 0 heterocycles. The monoisotopic (exact) mass is 229 g/mol. The molecule has 0 spiro atoms. The Balaban J connectivity index is 2.14. The highest BCUT2D eigenvalue weighted by Crippen LogP contribution is 2.49. The lowest BCUT2D eigenvalue weighted by Crippen LogP contribution is -2.10. The molecule has 0 saturated heterocycles. The molecule has 3 heteroatoms. The van der Waals surface area contributed by atoms with Gasteiger partial charge in [0.05, 0.1) is 0 Å². The maximum atomic E-state index is 6.12. The summed E-state index contributed by atoms with van der Waals surface area (Å²) >= 11 is 12.1. The molecular weight excluding hydrogens is 217 g/mol. The molecule has 0 unspecified atom stereocenters. The Morgan fingerprint density at radius 1 is 1.43 bits per heavy atom. The molecule has 1 nitrogen and oxygen atoms in total. The zero-order valence-electron chi connectivity index (χ0n) is 8.06. The van der Waals surface area contributed by atoms with Crippen LogP contribution in [0.1, 0.15) is 17.9 Å². The SMILES string of the molecule is CNC[C@H]1C[C@@H]1c1cc(Cl)ccc1Cl. The number of nitrogens with one attached hydrogen (secondary N) is 1. The number of hydrogen-bond donors (Lipinski definition) is 1. The van der Waals surface area contributed by atoms with Crippen LogP contribution in [0.2, 0.25) is 10.0 Å². The van der Waals surface area contributed by atoms with E-state index in [0.29, 0.717) is 5.92 Å². The third-order valence-electron chi connectivity index (χ3n) is 2.75. The van der Waals surface area contributed by atoms with Gasteiger partial charge in [0, 0.05) is 10.0 Å². The fourth-order valence-electron chi connectivity index (χ4n) is 1.92. The number of benzene rings is 1. The van der Waals surface area contributed by atoms with Crippen molar-refractivity contribution in [1.29, 1.82) is 0 Å². The second kappa shape index (κ2) is 4.09. The van der Waals surface area contributed by atoms with Crippen molar-refractivity contribution in [2.45, 2.75) is 12.3 Å². The highest BCUT2D eigenvalue weighted by molar-refractivity contribution is 6.33. The summed E-state index contributed by atoms with van der Waals surface area (Å²) in [5.74, 6) is 1.34. The van der Waals surface area contributed by atoms with Gasteiger partial charge in [0.15, 0.2) is 0 Å². The van der Waals surface area contributed by atoms with E-state index in [1.807, 2.05) is 25.2 Å². The molecule has 2 atom stereocenters. The molecule has 1 aliphatic rings. The second-order valence-corrected chi connectivity index (χ2v) is 4.67. The van der Waals surface area contributed by atoms with Gasteiger partial charge in [0.2, 0.25) is 0 Å². The first-order valence-electron chi connectivity index (χ1n) is 4.82. The summed E-state index contributed by atoms with van der Waals surface area (Å²) in [6, 6.07) is 5.71. The maximum absolute atomic E-state index is 6.12. The molecule has 0 aliphatic heterocycles. The van der Waals surface area contributed by atoms with Crippen molar-refractivity contribution in [2.24, 2.45) is 5.92 Å². The second-order valence-electron chi connectivity index (χ2n) is 3.83. The van der Waals surface area contributed by atoms with Gasteiger partial charge in [0.25, 0.3) is 0 Å². The molecule has 0 aromatic heterocycles. The summed E-state index contributed by atoms with van der Waals surface area (Å²) in [5, 5.41) is 4.81. The van der Waals surface area contributed by atoms with Crippen LogP contribution >= 0.6 is 23.2 Å². The average Bonchev–Trinajstić information content (AvgIpc) is 2.89. The zero-order chi connectivity index (χ0) is 10.1. The maximum Gasteiger partial charge on any atom is 0.0441 e. The van der Waals surface area contributed by atoms with Gasteiger partial charge in [-0.1, -0.05) is 23.2 Å². The fraction of sp³-hybridized carbons (Fsp3) is 0.455. The topological polar surface area (TPSA) is 12.0 Å². The summed E-state index contributed by atoms with van der Waals surface area (Å²) in [6.07, 6.45) is 1.22. The normalized spacial score (nSPS) is 25.1. The Bertz CT molecular complexity index is 338. The number of hydrogen-bond acceptors (Lipinski definition) is 1. The van der Waals surface area contributed by atoms with E-state index in [1.165, 1.54) is 12.0 Å². The largest absolute Gasteiger partial charge is 0.319 e. The van der Waals surface area contributed by atoms with Gasteiger partial charge < -0.3 is 5.32 Å². The standard InChI is InChI=1S/C11H13Cl2N/c1-14-6-7-4-9(7)10-5-8(12)2-3-11(10)13/h2-3,5,7,9,14H,4,6H2,1H3/t7-,9+/m1/s1. The predicted molar refractivity (Wildman–Crippen MR) is 61.2 cm³/mol. The molecule has 0 amide bonds. The van der Waals surface area contributed by atoms with Crippen LogP contribution in [-0.2, 0) is 0 Å². The Kier molecular flexibility index (Phi) is 3.01. The fourth-order valence-corrected chi connectivity index (χ4v) is 2.35. The average molecular weight is 230 g/mol. The highest BCUT2D eigenvalue weighted by Gasteiger charge is 2.38. The van der Waals surface area contributed by atoms with Crippen molar-refractivity contribution in [2.75, 3.05) is 13.6 Å². The summed E-state index contributed by atoms with van der Waals surface area (Å²) in [6.45, 7) is 1.06. The molecule has 1 fully saturated rings. The van der Waals surface area contributed by atoms with Crippen LogP contribution in [0.3, 0.4) is 0 Å². The Labute approximate surface area is 94.4 Å². The molecule has 1 aliphatic carbocycles. The molecule has 14 heavy (non-hydrogen) atoms. The molecular formula is C11H13Cl2N. The smallest absolute Gasteiger partial charge is 0.0441 e. The lowest BCUT2D eigenvalue weighted by Gasteiger charge is -2.04. The predicted octanol–water partition coefficient (Wildman–Crippen LogP) is 3.32. The van der Waals surface area contributed by atoms with Gasteiger partial charge >= 0.3 is 0 Å². The van der Waals surface area contributed by atoms with Crippen LogP contribution in [0.4, 0.5) is 0 Å². The van der Waals surface area contributed by atoms with E-state index in [2.05, 4.69) is 5.32 Å². The summed E-state index contributed by atoms with van der Waals surface area (Å²) in [5.41, 5.74) is 1.21. The van der Waals surface area contributed by atoms with Crippen molar-refractivity contribution in [3.8, 4) is 0 Å². The molecule has 1 N–H and O–H groups in total. The third kappa shape index (κ3) is 2.05. The first-order chi connectivity index (χ1) is 6.72. The van der Waals surface area contributed by atoms with Crippen molar-refractivity contribution in [3.63, 3.8) is 0 Å². The lowest BCUT2D eigenvalue weighted by molar-refractivity contribution is 0.698. The van der Waals surface area contributed by atoms with Gasteiger partial charge in [-0.05, 0) is 55.6 Å². The molecule has 1 aromatic carbocycles. The molecule has 0 bridgehead atoms. The first-order valence-corrected chi connectivity index (χ1v) is 5.57. The Hall–Kier alpha value is -0.240. The van der Waals surface area contributed by atoms with Gasteiger partial charge in [0.1, 0.15) is 0 Å². The van der Waals surface area contributed by atoms with Crippen LogP contribution in [0.25, 0.3) is 0 Å². The van der Waals surface area contributed by atoms with Crippen LogP contribution in [0.15, 0.2) is 18.2 Å². The van der Waals surface area contributed by atoms with E-state index >= 15 is 0 Å². The van der Waals surface area contributed by atoms with Crippen molar-refractivity contribution < 1.29 is 0 Å². The quantitative estimate of drug-likeness (QED) is 0.839. The van der Waals surface area contributed by atoms with E-state index in [-0.39, 0.29) is 0 Å². The van der Waals surface area contributed by atoms with E-state index in [1.54, 1.807) is 0 Å². The van der Waals surface area contributed by atoms with Crippen molar-refractivity contribution >= 4 is 23.2 Å². The number of halogens is 2. The van der Waals surface area contributed by atoms with E-state index in [0.717, 1.165) is 22.5 Å². The highest BCUT2D eigenvalue weighted by atomic mass is 35.5. The minimum absolute atomic E-state index is 0.605. The third-order valence-corrected chi connectivity index (χ3v) is 3.33. The summed E-state index contributed by atoms with van der Waals surface area (Å²) in [4.78, 5) is 0.